The molecule has 0 aromatic heterocycles. The summed E-state index contributed by atoms with van der Waals surface area (Å²) in [6.45, 7) is 4.71. The molecular formula is C13H22N2O5S2. The zero-order valence-electron chi connectivity index (χ0n) is 12.8. The Morgan fingerprint density at radius 1 is 1.23 bits per heavy atom. The van der Waals surface area contributed by atoms with Gasteiger partial charge in [0, 0.05) is 12.1 Å². The number of hydrogen-bond donors (Lipinski definition) is 3. The summed E-state index contributed by atoms with van der Waals surface area (Å²) in [6.07, 6.45) is 2.24. The third-order valence-corrected chi connectivity index (χ3v) is 4.85. The fourth-order valence-electron chi connectivity index (χ4n) is 1.87. The summed E-state index contributed by atoms with van der Waals surface area (Å²) in [5.74, 6) is 0. The molecule has 3 N–H and O–H groups in total. The normalized spacial score (nSPS) is 19.5. The molecule has 1 aliphatic rings. The highest BCUT2D eigenvalue weighted by Crippen LogP contribution is 2.08. The topological polar surface area (TPSA) is 113 Å². The average Bonchev–Trinajstić information content (AvgIpc) is 2.23. The third-order valence-electron chi connectivity index (χ3n) is 3.18. The van der Waals surface area contributed by atoms with E-state index in [1.54, 1.807) is 12.1 Å². The van der Waals surface area contributed by atoms with E-state index in [4.69, 9.17) is 4.55 Å². The molecule has 2 atom stereocenters. The van der Waals surface area contributed by atoms with Crippen molar-refractivity contribution in [3.05, 3.63) is 29.8 Å². The lowest BCUT2D eigenvalue weighted by atomic mass is 10.0. The van der Waals surface area contributed by atoms with Crippen LogP contribution in [-0.2, 0) is 20.1 Å². The molecule has 1 fully saturated rings. The van der Waals surface area contributed by atoms with E-state index in [-0.39, 0.29) is 10.9 Å². The van der Waals surface area contributed by atoms with Gasteiger partial charge >= 0.3 is 0 Å². The van der Waals surface area contributed by atoms with Crippen LogP contribution in [0.15, 0.2) is 29.2 Å². The van der Waals surface area contributed by atoms with Crippen LogP contribution in [0.5, 0.6) is 0 Å². The number of rotatable bonds is 4. The molecule has 1 aromatic carbocycles. The molecule has 1 aliphatic heterocycles. The summed E-state index contributed by atoms with van der Waals surface area (Å²) < 4.78 is 53.6. The lowest BCUT2D eigenvalue weighted by Crippen LogP contribution is -2.55. The molecule has 1 saturated heterocycles. The van der Waals surface area contributed by atoms with Gasteiger partial charge in [0.2, 0.25) is 10.0 Å². The van der Waals surface area contributed by atoms with Crippen LogP contribution in [0, 0.1) is 6.92 Å². The lowest BCUT2D eigenvalue weighted by Gasteiger charge is -2.32. The maximum atomic E-state index is 10.7. The Hall–Kier alpha value is -1.00. The second-order valence-electron chi connectivity index (χ2n) is 5.32. The van der Waals surface area contributed by atoms with E-state index in [0.717, 1.165) is 18.5 Å². The van der Waals surface area contributed by atoms with Gasteiger partial charge in [0.25, 0.3) is 10.1 Å². The predicted molar refractivity (Wildman–Crippen MR) is 84.8 cm³/mol. The maximum absolute atomic E-state index is 10.7. The number of benzene rings is 1. The fraction of sp³-hybridized carbons (Fsp3) is 0.538. The van der Waals surface area contributed by atoms with E-state index in [9.17, 15) is 16.8 Å². The second kappa shape index (κ2) is 7.51. The first-order valence-electron chi connectivity index (χ1n) is 6.74. The van der Waals surface area contributed by atoms with Crippen molar-refractivity contribution in [2.45, 2.75) is 37.2 Å². The van der Waals surface area contributed by atoms with E-state index in [1.165, 1.54) is 18.4 Å². The first-order chi connectivity index (χ1) is 9.99. The minimum absolute atomic E-state index is 0.0127. The SMILES string of the molecule is C[C@H](NS(C)(=O)=O)[C@@H]1CCN1.Cc1ccc(S(=O)(=O)O)cc1. The lowest BCUT2D eigenvalue weighted by molar-refractivity contribution is 0.314. The molecule has 7 nitrogen and oxygen atoms in total. The smallest absolute Gasteiger partial charge is 0.294 e. The van der Waals surface area contributed by atoms with Crippen LogP contribution in [0.25, 0.3) is 0 Å². The molecule has 0 spiro atoms. The van der Waals surface area contributed by atoms with Gasteiger partial charge < -0.3 is 5.32 Å². The van der Waals surface area contributed by atoms with Crippen LogP contribution in [0.1, 0.15) is 18.9 Å². The summed E-state index contributed by atoms with van der Waals surface area (Å²) in [7, 11) is -7.05. The predicted octanol–water partition coefficient (Wildman–Crippen LogP) is 0.528. The molecule has 0 radical (unpaired) electrons. The summed E-state index contributed by atoms with van der Waals surface area (Å²) >= 11 is 0. The zero-order valence-corrected chi connectivity index (χ0v) is 14.4. The molecular weight excluding hydrogens is 328 g/mol. The maximum Gasteiger partial charge on any atom is 0.294 e. The van der Waals surface area contributed by atoms with Gasteiger partial charge in [0.05, 0.1) is 11.2 Å². The van der Waals surface area contributed by atoms with Gasteiger partial charge in [0.1, 0.15) is 0 Å². The second-order valence-corrected chi connectivity index (χ2v) is 8.52. The molecule has 22 heavy (non-hydrogen) atoms. The Morgan fingerprint density at radius 2 is 1.73 bits per heavy atom. The number of nitrogens with one attached hydrogen (secondary N) is 2. The highest BCUT2D eigenvalue weighted by molar-refractivity contribution is 7.88. The number of aryl methyl sites for hydroxylation is 1. The Kier molecular flexibility index (Phi) is 6.50. The van der Waals surface area contributed by atoms with Gasteiger partial charge in [-0.15, -0.1) is 0 Å². The molecule has 0 amide bonds. The van der Waals surface area contributed by atoms with Crippen LogP contribution < -0.4 is 10.0 Å². The van der Waals surface area contributed by atoms with Gasteiger partial charge in [-0.05, 0) is 38.9 Å². The molecule has 1 aromatic rings. The van der Waals surface area contributed by atoms with E-state index in [2.05, 4.69) is 10.0 Å². The largest absolute Gasteiger partial charge is 0.312 e. The van der Waals surface area contributed by atoms with Crippen LogP contribution in [0.2, 0.25) is 0 Å². The van der Waals surface area contributed by atoms with Crippen LogP contribution in [-0.4, -0.2) is 46.3 Å². The minimum Gasteiger partial charge on any atom is -0.312 e. The highest BCUT2D eigenvalue weighted by Gasteiger charge is 2.24. The molecule has 0 saturated carbocycles. The summed E-state index contributed by atoms with van der Waals surface area (Å²) in [5.41, 5.74) is 0.956. The van der Waals surface area contributed by atoms with Crippen molar-refractivity contribution in [1.82, 2.24) is 10.0 Å². The van der Waals surface area contributed by atoms with Crippen molar-refractivity contribution in [2.24, 2.45) is 0 Å². The molecule has 9 heteroatoms. The summed E-state index contributed by atoms with van der Waals surface area (Å²) in [5, 5.41) is 3.14. The van der Waals surface area contributed by atoms with Gasteiger partial charge in [-0.2, -0.15) is 8.42 Å². The Bertz CT molecular complexity index is 680. The van der Waals surface area contributed by atoms with Gasteiger partial charge in [-0.3, -0.25) is 4.55 Å². The van der Waals surface area contributed by atoms with E-state index in [0.29, 0.717) is 6.04 Å². The molecule has 0 aliphatic carbocycles. The van der Waals surface area contributed by atoms with E-state index >= 15 is 0 Å². The molecule has 1 heterocycles. The fourth-order valence-corrected chi connectivity index (χ4v) is 3.19. The van der Waals surface area contributed by atoms with Crippen molar-refractivity contribution in [1.29, 1.82) is 0 Å². The minimum atomic E-state index is -4.02. The third kappa shape index (κ3) is 6.84. The van der Waals surface area contributed by atoms with E-state index < -0.39 is 20.1 Å². The van der Waals surface area contributed by atoms with Crippen LogP contribution >= 0.6 is 0 Å². The molecule has 0 unspecified atom stereocenters. The molecule has 126 valence electrons. The Balaban J connectivity index is 0.000000220. The van der Waals surface area contributed by atoms with Gasteiger partial charge in [-0.1, -0.05) is 17.7 Å². The van der Waals surface area contributed by atoms with Crippen molar-refractivity contribution < 1.29 is 21.4 Å². The van der Waals surface area contributed by atoms with Gasteiger partial charge in [-0.25, -0.2) is 13.1 Å². The highest BCUT2D eigenvalue weighted by atomic mass is 32.2. The number of sulfonamides is 1. The van der Waals surface area contributed by atoms with Crippen molar-refractivity contribution in [3.8, 4) is 0 Å². The summed E-state index contributed by atoms with van der Waals surface area (Å²) in [4.78, 5) is -0.0666. The van der Waals surface area contributed by atoms with Crippen LogP contribution in [0.4, 0.5) is 0 Å². The van der Waals surface area contributed by atoms with E-state index in [1.807, 2.05) is 13.8 Å². The Morgan fingerprint density at radius 3 is 2.05 bits per heavy atom. The number of hydrogen-bond acceptors (Lipinski definition) is 5. The summed E-state index contributed by atoms with van der Waals surface area (Å²) in [6, 6.07) is 6.32. The first kappa shape index (κ1) is 19.0. The van der Waals surface area contributed by atoms with Crippen LogP contribution in [0.3, 0.4) is 0 Å². The average molecular weight is 350 g/mol. The van der Waals surface area contributed by atoms with Crippen molar-refractivity contribution in [3.63, 3.8) is 0 Å². The quantitative estimate of drug-likeness (QED) is 0.683. The Labute approximate surface area is 131 Å². The molecule has 0 bridgehead atoms. The van der Waals surface area contributed by atoms with Gasteiger partial charge in [0.15, 0.2) is 0 Å². The van der Waals surface area contributed by atoms with Crippen molar-refractivity contribution >= 4 is 20.1 Å². The monoisotopic (exact) mass is 350 g/mol. The molecule has 2 rings (SSSR count). The van der Waals surface area contributed by atoms with Crippen molar-refractivity contribution in [2.75, 3.05) is 12.8 Å². The zero-order chi connectivity index (χ0) is 17.0. The first-order valence-corrected chi connectivity index (χ1v) is 10.1. The standard InChI is InChI=1S/C7H8O3S.C6H14N2O2S/c1-6-2-4-7(5-3-6)11(8,9)10;1-5(6-3-4-7-6)8-11(2,9)10/h2-5H,1H3,(H,8,9,10);5-8H,3-4H2,1-2H3/t;5-,6-/m.0/s1.